The van der Waals surface area contributed by atoms with Crippen LogP contribution >= 0.6 is 0 Å². The van der Waals surface area contributed by atoms with E-state index in [-0.39, 0.29) is 36.4 Å². The smallest absolute Gasteiger partial charge is 0.327 e. The van der Waals surface area contributed by atoms with Crippen LogP contribution in [0.15, 0.2) is 35.1 Å². The summed E-state index contributed by atoms with van der Waals surface area (Å²) in [6, 6.07) is 3.37. The van der Waals surface area contributed by atoms with Gasteiger partial charge >= 0.3 is 10.2 Å². The molecule has 11 heteroatoms. The number of pyridine rings is 1. The first kappa shape index (κ1) is 21.0. The second-order valence-electron chi connectivity index (χ2n) is 8.54. The van der Waals surface area contributed by atoms with Gasteiger partial charge in [0.2, 0.25) is 5.78 Å². The number of rotatable bonds is 6. The summed E-state index contributed by atoms with van der Waals surface area (Å²) in [4.78, 5) is 20.6. The lowest BCUT2D eigenvalue weighted by molar-refractivity contribution is 0.0924. The van der Waals surface area contributed by atoms with E-state index in [9.17, 15) is 22.0 Å². The van der Waals surface area contributed by atoms with Crippen LogP contribution in [0.25, 0.3) is 5.57 Å². The lowest BCUT2D eigenvalue weighted by Crippen LogP contribution is -2.37. The molecule has 0 aromatic carbocycles. The van der Waals surface area contributed by atoms with Crippen molar-refractivity contribution in [1.29, 1.82) is 0 Å². The molecule has 5 rings (SSSR count). The Labute approximate surface area is 184 Å². The number of fused-ring (bicyclic) bond motifs is 1. The molecule has 2 aliphatic carbocycles. The Morgan fingerprint density at radius 3 is 2.75 bits per heavy atom. The molecule has 32 heavy (non-hydrogen) atoms. The molecule has 2 atom stereocenters. The third-order valence-corrected chi connectivity index (χ3v) is 8.15. The van der Waals surface area contributed by atoms with Gasteiger partial charge in [0.05, 0.1) is 17.6 Å². The van der Waals surface area contributed by atoms with Crippen LogP contribution in [0.1, 0.15) is 48.5 Å². The number of alkyl halides is 2. The van der Waals surface area contributed by atoms with E-state index >= 15 is 0 Å². The summed E-state index contributed by atoms with van der Waals surface area (Å²) in [5.41, 5.74) is 1.96. The van der Waals surface area contributed by atoms with Crippen LogP contribution in [0.5, 0.6) is 0 Å². The Kier molecular flexibility index (Phi) is 4.84. The van der Waals surface area contributed by atoms with E-state index in [2.05, 4.69) is 9.97 Å². The van der Waals surface area contributed by atoms with Gasteiger partial charge in [-0.05, 0) is 42.9 Å². The van der Waals surface area contributed by atoms with Gasteiger partial charge in [-0.25, -0.2) is 27.4 Å². The molecule has 8 nitrogen and oxygen atoms in total. The third kappa shape index (κ3) is 3.58. The Morgan fingerprint density at radius 2 is 2.12 bits per heavy atom. The number of hydrogen-bond donors (Lipinski definition) is 0. The first-order chi connectivity index (χ1) is 15.2. The van der Waals surface area contributed by atoms with Gasteiger partial charge in [0.25, 0.3) is 11.8 Å². The Balaban J connectivity index is 1.32. The number of hydrogen-bond acceptors (Lipinski definition) is 6. The normalized spacial score (nSPS) is 25.4. The highest BCUT2D eigenvalue weighted by Crippen LogP contribution is 2.51. The van der Waals surface area contributed by atoms with Gasteiger partial charge in [-0.15, -0.1) is 0 Å². The number of oxazole rings is 1. The Bertz CT molecular complexity index is 1200. The van der Waals surface area contributed by atoms with E-state index in [4.69, 9.17) is 4.42 Å². The summed E-state index contributed by atoms with van der Waals surface area (Å²) in [6.07, 6.45) is 7.08. The summed E-state index contributed by atoms with van der Waals surface area (Å²) < 4.78 is 59.4. The Morgan fingerprint density at radius 1 is 1.34 bits per heavy atom. The molecule has 1 fully saturated rings. The van der Waals surface area contributed by atoms with E-state index in [1.807, 2.05) is 6.08 Å². The zero-order valence-corrected chi connectivity index (χ0v) is 18.2. The van der Waals surface area contributed by atoms with Crippen LogP contribution < -0.4 is 8.61 Å². The summed E-state index contributed by atoms with van der Waals surface area (Å²) >= 11 is 0. The van der Waals surface area contributed by atoms with Crippen LogP contribution in [0, 0.1) is 11.8 Å². The minimum absolute atomic E-state index is 0.123. The van der Waals surface area contributed by atoms with Crippen LogP contribution in [0.3, 0.4) is 0 Å². The van der Waals surface area contributed by atoms with Crippen molar-refractivity contribution in [2.24, 2.45) is 11.8 Å². The topological polar surface area (TPSA) is 96.6 Å². The van der Waals surface area contributed by atoms with Crippen molar-refractivity contribution in [3.8, 4) is 0 Å². The molecule has 1 aliphatic heterocycles. The van der Waals surface area contributed by atoms with Gasteiger partial charge in [0.15, 0.2) is 5.82 Å². The maximum absolute atomic E-state index is 13.4. The van der Waals surface area contributed by atoms with Crippen LogP contribution in [0.4, 0.5) is 20.3 Å². The number of anilines is 2. The van der Waals surface area contributed by atoms with E-state index < -0.39 is 22.0 Å². The molecule has 170 valence electrons. The average Bonchev–Trinajstić information content (AvgIpc) is 3.10. The molecule has 1 saturated carbocycles. The zero-order valence-electron chi connectivity index (χ0n) is 17.4. The second-order valence-corrected chi connectivity index (χ2v) is 10.4. The molecule has 0 radical (unpaired) electrons. The number of carbonyl (C=O) groups is 1. The minimum atomic E-state index is -3.92. The van der Waals surface area contributed by atoms with Crippen LogP contribution in [-0.4, -0.2) is 43.7 Å². The fraction of sp³-hybridized carbons (Fsp3) is 0.476. The molecule has 0 saturated heterocycles. The molecule has 3 aliphatic rings. The van der Waals surface area contributed by atoms with Crippen molar-refractivity contribution in [2.45, 2.75) is 38.0 Å². The molecule has 0 spiro atoms. The van der Waals surface area contributed by atoms with Gasteiger partial charge in [0, 0.05) is 32.4 Å². The summed E-state index contributed by atoms with van der Waals surface area (Å²) in [7, 11) is -2.54. The number of Topliss-reactive ketones (excluding diaryl/α,β-unsaturated/α-hetero) is 1. The van der Waals surface area contributed by atoms with Gasteiger partial charge in [-0.3, -0.25) is 4.79 Å². The number of allylic oxidation sites excluding steroid dienone is 2. The van der Waals surface area contributed by atoms with Crippen molar-refractivity contribution >= 4 is 33.1 Å². The third-order valence-electron chi connectivity index (χ3n) is 6.38. The van der Waals surface area contributed by atoms with Gasteiger partial charge < -0.3 is 4.42 Å². The maximum atomic E-state index is 13.4. The number of nitrogens with zero attached hydrogens (tertiary/aromatic N) is 4. The van der Waals surface area contributed by atoms with Crippen molar-refractivity contribution < 1.29 is 26.4 Å². The molecular formula is C21H22F2N4O4S. The minimum Gasteiger partial charge on any atom is -0.442 e. The zero-order chi connectivity index (χ0) is 22.7. The van der Waals surface area contributed by atoms with Gasteiger partial charge in [0.1, 0.15) is 6.26 Å². The fourth-order valence-corrected chi connectivity index (χ4v) is 5.71. The molecule has 0 bridgehead atoms. The first-order valence-corrected chi connectivity index (χ1v) is 11.8. The van der Waals surface area contributed by atoms with E-state index in [0.29, 0.717) is 30.6 Å². The van der Waals surface area contributed by atoms with Gasteiger partial charge in [-0.1, -0.05) is 6.08 Å². The lowest BCUT2D eigenvalue weighted by Gasteiger charge is -2.21. The molecule has 0 N–H and O–H groups in total. The number of carbonyl (C=O) groups excluding carboxylic acids is 1. The molecule has 2 aromatic rings. The van der Waals surface area contributed by atoms with Crippen LogP contribution in [0.2, 0.25) is 0 Å². The van der Waals surface area contributed by atoms with Crippen molar-refractivity contribution in [1.82, 2.24) is 9.97 Å². The average molecular weight is 464 g/mol. The van der Waals surface area contributed by atoms with Crippen LogP contribution in [-0.2, 0) is 10.2 Å². The summed E-state index contributed by atoms with van der Waals surface area (Å²) in [5, 5.41) is 0. The molecular weight excluding hydrogens is 442 g/mol. The highest BCUT2D eigenvalue weighted by atomic mass is 32.2. The molecule has 3 heterocycles. The Hall–Kier alpha value is -2.82. The SMILES string of the molecule is CN1c2nc(C3=CCC(CC(=O)c4ncco4)CC3)ccc2N(CC2CC2(F)F)S1(=O)=O. The van der Waals surface area contributed by atoms with Crippen molar-refractivity contribution in [3.63, 3.8) is 0 Å². The standard InChI is InChI=1S/C21H22F2N4O4S/c1-26-19-17(27(32(26,29)30)12-15-11-21(15,22)23)7-6-16(25-19)14-4-2-13(3-5-14)10-18(28)20-24-8-9-31-20/h4,6-9,13,15H,2-3,5,10-12H2,1H3. The largest absolute Gasteiger partial charge is 0.442 e. The first-order valence-electron chi connectivity index (χ1n) is 10.4. The molecule has 2 unspecified atom stereocenters. The summed E-state index contributed by atoms with van der Waals surface area (Å²) in [5.74, 6) is -3.35. The quantitative estimate of drug-likeness (QED) is 0.605. The fourth-order valence-electron chi connectivity index (χ4n) is 4.31. The maximum Gasteiger partial charge on any atom is 0.327 e. The van der Waals surface area contributed by atoms with Gasteiger partial charge in [-0.2, -0.15) is 8.42 Å². The second kappa shape index (κ2) is 7.36. The number of halogens is 2. The number of ketones is 1. The number of aromatic nitrogens is 2. The predicted molar refractivity (Wildman–Crippen MR) is 113 cm³/mol. The van der Waals surface area contributed by atoms with E-state index in [1.54, 1.807) is 12.1 Å². The predicted octanol–water partition coefficient (Wildman–Crippen LogP) is 3.68. The van der Waals surface area contributed by atoms with E-state index in [1.165, 1.54) is 19.5 Å². The van der Waals surface area contributed by atoms with Crippen molar-refractivity contribution in [2.75, 3.05) is 22.2 Å². The lowest BCUT2D eigenvalue weighted by atomic mass is 9.85. The van der Waals surface area contributed by atoms with Crippen molar-refractivity contribution in [3.05, 3.63) is 42.3 Å². The highest BCUT2D eigenvalue weighted by molar-refractivity contribution is 7.94. The monoisotopic (exact) mass is 464 g/mol. The summed E-state index contributed by atoms with van der Waals surface area (Å²) in [6.45, 7) is -0.253. The molecule has 0 amide bonds. The van der Waals surface area contributed by atoms with E-state index in [0.717, 1.165) is 20.6 Å². The molecule has 2 aromatic heterocycles. The highest BCUT2D eigenvalue weighted by Gasteiger charge is 2.59.